The highest BCUT2D eigenvalue weighted by molar-refractivity contribution is 5.78. The van der Waals surface area contributed by atoms with Gasteiger partial charge < -0.3 is 19.7 Å². The van der Waals surface area contributed by atoms with E-state index in [1.165, 1.54) is 6.92 Å². The van der Waals surface area contributed by atoms with Crippen molar-refractivity contribution in [2.75, 3.05) is 32.8 Å². The molecule has 7 heteroatoms. The number of nitrogens with one attached hydrogen (secondary N) is 1. The number of ether oxygens (including phenoxy) is 2. The van der Waals surface area contributed by atoms with E-state index in [-0.39, 0.29) is 24.5 Å². The minimum atomic E-state index is -0.197. The highest BCUT2D eigenvalue weighted by Gasteiger charge is 2.24. The van der Waals surface area contributed by atoms with Gasteiger partial charge in [0.1, 0.15) is 5.75 Å². The van der Waals surface area contributed by atoms with Gasteiger partial charge in [0.2, 0.25) is 5.91 Å². The predicted octanol–water partition coefficient (Wildman–Crippen LogP) is 0.495. The van der Waals surface area contributed by atoms with Crippen LogP contribution in [-0.2, 0) is 20.7 Å². The van der Waals surface area contributed by atoms with E-state index in [2.05, 4.69) is 11.4 Å². The Morgan fingerprint density at radius 2 is 2.17 bits per heavy atom. The van der Waals surface area contributed by atoms with Crippen molar-refractivity contribution in [3.05, 3.63) is 29.8 Å². The van der Waals surface area contributed by atoms with Crippen LogP contribution in [0.5, 0.6) is 5.75 Å². The normalized spacial score (nSPS) is 17.0. The number of carbonyl (C=O) groups is 2. The Morgan fingerprint density at radius 3 is 2.83 bits per heavy atom. The average molecular weight is 331 g/mol. The van der Waals surface area contributed by atoms with Crippen molar-refractivity contribution in [1.82, 2.24) is 10.2 Å². The fourth-order valence-electron chi connectivity index (χ4n) is 2.36. The van der Waals surface area contributed by atoms with E-state index in [1.807, 2.05) is 0 Å². The van der Waals surface area contributed by atoms with Crippen molar-refractivity contribution < 1.29 is 19.1 Å². The van der Waals surface area contributed by atoms with Gasteiger partial charge in [-0.15, -0.1) is 0 Å². The molecule has 0 unspecified atom stereocenters. The molecule has 1 atom stereocenters. The van der Waals surface area contributed by atoms with E-state index in [9.17, 15) is 9.59 Å². The molecule has 1 saturated heterocycles. The summed E-state index contributed by atoms with van der Waals surface area (Å²) in [6.45, 7) is 3.18. The minimum Gasteiger partial charge on any atom is -0.484 e. The number of morpholine rings is 1. The summed E-state index contributed by atoms with van der Waals surface area (Å²) in [6.07, 6.45) is 0.153. The number of nitriles is 1. The first-order valence-electron chi connectivity index (χ1n) is 7.81. The standard InChI is InChI=1S/C17H21N3O4/c1-13(21)19-10-16-11-20(8-9-23-16)17(22)12-24-15-4-2-14(3-5-15)6-7-18/h2-5,16H,6,8-12H2,1H3,(H,19,21)/t16-/m1/s1. The molecule has 7 nitrogen and oxygen atoms in total. The van der Waals surface area contributed by atoms with Gasteiger partial charge in [0, 0.05) is 26.6 Å². The third kappa shape index (κ3) is 5.56. The van der Waals surface area contributed by atoms with Crippen LogP contribution < -0.4 is 10.1 Å². The average Bonchev–Trinajstić information content (AvgIpc) is 2.59. The molecule has 0 aliphatic carbocycles. The molecule has 1 heterocycles. The van der Waals surface area contributed by atoms with Gasteiger partial charge in [-0.25, -0.2) is 0 Å². The van der Waals surface area contributed by atoms with Crippen LogP contribution in [0.3, 0.4) is 0 Å². The molecule has 1 fully saturated rings. The van der Waals surface area contributed by atoms with Gasteiger partial charge in [-0.2, -0.15) is 5.26 Å². The summed E-state index contributed by atoms with van der Waals surface area (Å²) in [6, 6.07) is 9.19. The quantitative estimate of drug-likeness (QED) is 0.819. The molecule has 1 aliphatic heterocycles. The van der Waals surface area contributed by atoms with Crippen LogP contribution in [0.1, 0.15) is 12.5 Å². The molecular formula is C17H21N3O4. The van der Waals surface area contributed by atoms with Gasteiger partial charge in [-0.3, -0.25) is 9.59 Å². The molecule has 128 valence electrons. The molecule has 0 saturated carbocycles. The third-order valence-corrected chi connectivity index (χ3v) is 3.64. The van der Waals surface area contributed by atoms with Gasteiger partial charge in [-0.05, 0) is 17.7 Å². The van der Waals surface area contributed by atoms with Gasteiger partial charge in [0.25, 0.3) is 5.91 Å². The smallest absolute Gasteiger partial charge is 0.260 e. The number of nitrogens with zero attached hydrogens (tertiary/aromatic N) is 2. The maximum absolute atomic E-state index is 12.2. The Balaban J connectivity index is 1.79. The number of benzene rings is 1. The highest BCUT2D eigenvalue weighted by Crippen LogP contribution is 2.13. The Morgan fingerprint density at radius 1 is 1.42 bits per heavy atom. The van der Waals surface area contributed by atoms with Crippen molar-refractivity contribution in [3.8, 4) is 11.8 Å². The number of rotatable bonds is 6. The number of carbonyl (C=O) groups excluding carboxylic acids is 2. The first-order chi connectivity index (χ1) is 11.6. The molecule has 1 aromatic rings. The second kappa shape index (κ2) is 8.89. The minimum absolute atomic E-state index is 0.0511. The summed E-state index contributed by atoms with van der Waals surface area (Å²) in [5.74, 6) is 0.352. The summed E-state index contributed by atoms with van der Waals surface area (Å²) >= 11 is 0. The summed E-state index contributed by atoms with van der Waals surface area (Å²) < 4.78 is 11.0. The Labute approximate surface area is 141 Å². The Hall–Kier alpha value is -2.59. The molecule has 2 amide bonds. The first-order valence-corrected chi connectivity index (χ1v) is 7.81. The van der Waals surface area contributed by atoms with E-state index < -0.39 is 0 Å². The largest absolute Gasteiger partial charge is 0.484 e. The predicted molar refractivity (Wildman–Crippen MR) is 86.3 cm³/mol. The molecule has 2 rings (SSSR count). The van der Waals surface area contributed by atoms with Crippen molar-refractivity contribution >= 4 is 11.8 Å². The monoisotopic (exact) mass is 331 g/mol. The molecule has 24 heavy (non-hydrogen) atoms. The fraction of sp³-hybridized carbons (Fsp3) is 0.471. The molecule has 1 N–H and O–H groups in total. The van der Waals surface area contributed by atoms with Gasteiger partial charge in [-0.1, -0.05) is 12.1 Å². The topological polar surface area (TPSA) is 91.7 Å². The summed E-state index contributed by atoms with van der Waals surface area (Å²) in [5.41, 5.74) is 0.908. The lowest BCUT2D eigenvalue weighted by molar-refractivity contribution is -0.140. The maximum Gasteiger partial charge on any atom is 0.260 e. The van der Waals surface area contributed by atoms with E-state index in [4.69, 9.17) is 14.7 Å². The van der Waals surface area contributed by atoms with Crippen molar-refractivity contribution in [1.29, 1.82) is 5.26 Å². The van der Waals surface area contributed by atoms with Crippen LogP contribution in [0.25, 0.3) is 0 Å². The second-order valence-corrected chi connectivity index (χ2v) is 5.54. The highest BCUT2D eigenvalue weighted by atomic mass is 16.5. The zero-order chi connectivity index (χ0) is 17.4. The number of amides is 2. The van der Waals surface area contributed by atoms with Crippen LogP contribution in [0.4, 0.5) is 0 Å². The van der Waals surface area contributed by atoms with Crippen LogP contribution in [-0.4, -0.2) is 55.7 Å². The molecular weight excluding hydrogens is 310 g/mol. The van der Waals surface area contributed by atoms with E-state index in [0.29, 0.717) is 38.4 Å². The van der Waals surface area contributed by atoms with Crippen LogP contribution >= 0.6 is 0 Å². The maximum atomic E-state index is 12.2. The third-order valence-electron chi connectivity index (χ3n) is 3.64. The van der Waals surface area contributed by atoms with Crippen molar-refractivity contribution in [2.24, 2.45) is 0 Å². The number of hydrogen-bond donors (Lipinski definition) is 1. The first kappa shape index (κ1) is 17.8. The van der Waals surface area contributed by atoms with Crippen molar-refractivity contribution in [3.63, 3.8) is 0 Å². The van der Waals surface area contributed by atoms with E-state index in [0.717, 1.165) is 5.56 Å². The van der Waals surface area contributed by atoms with Crippen LogP contribution in [0, 0.1) is 11.3 Å². The van der Waals surface area contributed by atoms with Crippen LogP contribution in [0.2, 0.25) is 0 Å². The lowest BCUT2D eigenvalue weighted by Crippen LogP contribution is -2.50. The van der Waals surface area contributed by atoms with Gasteiger partial charge in [0.05, 0.1) is 25.2 Å². The molecule has 0 aromatic heterocycles. The van der Waals surface area contributed by atoms with E-state index >= 15 is 0 Å². The zero-order valence-corrected chi connectivity index (χ0v) is 13.7. The van der Waals surface area contributed by atoms with Crippen molar-refractivity contribution in [2.45, 2.75) is 19.4 Å². The molecule has 0 radical (unpaired) electrons. The lowest BCUT2D eigenvalue weighted by Gasteiger charge is -2.32. The second-order valence-electron chi connectivity index (χ2n) is 5.54. The Kier molecular flexibility index (Phi) is 6.58. The molecule has 1 aliphatic rings. The summed E-state index contributed by atoms with van der Waals surface area (Å²) in [4.78, 5) is 24.9. The van der Waals surface area contributed by atoms with Gasteiger partial charge >= 0.3 is 0 Å². The fourth-order valence-corrected chi connectivity index (χ4v) is 2.36. The lowest BCUT2D eigenvalue weighted by atomic mass is 10.2. The Bertz CT molecular complexity index is 609. The molecule has 0 bridgehead atoms. The number of hydrogen-bond acceptors (Lipinski definition) is 5. The zero-order valence-electron chi connectivity index (χ0n) is 13.7. The van der Waals surface area contributed by atoms with Gasteiger partial charge in [0.15, 0.2) is 6.61 Å². The van der Waals surface area contributed by atoms with Crippen LogP contribution in [0.15, 0.2) is 24.3 Å². The molecule has 0 spiro atoms. The summed E-state index contributed by atoms with van der Waals surface area (Å²) in [5, 5.41) is 11.3. The SMILES string of the molecule is CC(=O)NC[C@@H]1CN(C(=O)COc2ccc(CC#N)cc2)CCO1. The van der Waals surface area contributed by atoms with E-state index in [1.54, 1.807) is 29.2 Å². The molecule has 1 aromatic carbocycles. The summed E-state index contributed by atoms with van der Waals surface area (Å²) in [7, 11) is 0.